The predicted octanol–water partition coefficient (Wildman–Crippen LogP) is 0.511. The van der Waals surface area contributed by atoms with Gasteiger partial charge in [-0.3, -0.25) is 14.9 Å². The maximum atomic E-state index is 11.7. The molecule has 0 spiro atoms. The molecule has 4 nitrogen and oxygen atoms in total. The van der Waals surface area contributed by atoms with Crippen LogP contribution in [0.2, 0.25) is 0 Å². The molecule has 0 bridgehead atoms. The van der Waals surface area contributed by atoms with E-state index in [0.717, 1.165) is 0 Å². The van der Waals surface area contributed by atoms with Gasteiger partial charge in [0.05, 0.1) is 17.6 Å². The molecular formula is C11H22N2O2. The second-order valence-electron chi connectivity index (χ2n) is 4.83. The van der Waals surface area contributed by atoms with Crippen molar-refractivity contribution in [3.8, 4) is 0 Å². The van der Waals surface area contributed by atoms with E-state index in [9.17, 15) is 9.59 Å². The zero-order valence-corrected chi connectivity index (χ0v) is 10.5. The molecule has 0 amide bonds. The fourth-order valence-electron chi connectivity index (χ4n) is 0.786. The minimum absolute atomic E-state index is 0.0255. The number of likely N-dealkylation sites (N-methyl/N-ethyl adjacent to an activating group) is 1. The van der Waals surface area contributed by atoms with Crippen molar-refractivity contribution >= 4 is 11.6 Å². The van der Waals surface area contributed by atoms with Crippen LogP contribution in [-0.4, -0.2) is 36.2 Å². The van der Waals surface area contributed by atoms with Crippen LogP contribution >= 0.6 is 0 Å². The predicted molar refractivity (Wildman–Crippen MR) is 60.9 cm³/mol. The van der Waals surface area contributed by atoms with Crippen molar-refractivity contribution in [3.63, 3.8) is 0 Å². The third kappa shape index (κ3) is 4.10. The second kappa shape index (κ2) is 4.86. The van der Waals surface area contributed by atoms with Crippen molar-refractivity contribution < 1.29 is 9.59 Å². The van der Waals surface area contributed by atoms with Crippen LogP contribution in [0, 0.1) is 0 Å². The molecule has 0 aliphatic carbocycles. The Labute approximate surface area is 91.8 Å². The summed E-state index contributed by atoms with van der Waals surface area (Å²) in [5.41, 5.74) is -1.20. The lowest BCUT2D eigenvalue weighted by atomic mass is 9.96. The second-order valence-corrected chi connectivity index (χ2v) is 4.83. The normalized spacial score (nSPS) is 12.7. The van der Waals surface area contributed by atoms with Gasteiger partial charge in [-0.1, -0.05) is 0 Å². The van der Waals surface area contributed by atoms with Crippen LogP contribution in [0.5, 0.6) is 0 Å². The van der Waals surface area contributed by atoms with Crippen LogP contribution in [0.1, 0.15) is 34.6 Å². The number of hydrogen-bond donors (Lipinski definition) is 2. The molecule has 4 heteroatoms. The van der Waals surface area contributed by atoms with E-state index in [-0.39, 0.29) is 18.1 Å². The Morgan fingerprint density at radius 3 is 1.87 bits per heavy atom. The SMILES string of the molecule is CNC(C)(C)C(=O)CNC(C)(C)C(C)=O. The number of rotatable bonds is 6. The highest BCUT2D eigenvalue weighted by Crippen LogP contribution is 2.06. The monoisotopic (exact) mass is 214 g/mol. The number of ketones is 2. The first-order chi connectivity index (χ1) is 6.63. The van der Waals surface area contributed by atoms with E-state index < -0.39 is 11.1 Å². The summed E-state index contributed by atoms with van der Waals surface area (Å²) in [6.07, 6.45) is 0. The molecule has 0 saturated carbocycles. The van der Waals surface area contributed by atoms with Crippen molar-refractivity contribution in [1.82, 2.24) is 10.6 Å². The number of nitrogens with one attached hydrogen (secondary N) is 2. The largest absolute Gasteiger partial charge is 0.308 e. The molecule has 15 heavy (non-hydrogen) atoms. The van der Waals surface area contributed by atoms with Gasteiger partial charge in [-0.2, -0.15) is 0 Å². The third-order valence-corrected chi connectivity index (χ3v) is 2.89. The van der Waals surface area contributed by atoms with E-state index >= 15 is 0 Å². The van der Waals surface area contributed by atoms with Gasteiger partial charge in [-0.15, -0.1) is 0 Å². The Kier molecular flexibility index (Phi) is 4.62. The Morgan fingerprint density at radius 1 is 1.07 bits per heavy atom. The first-order valence-corrected chi connectivity index (χ1v) is 5.12. The van der Waals surface area contributed by atoms with Gasteiger partial charge in [0.1, 0.15) is 5.78 Å². The van der Waals surface area contributed by atoms with Crippen LogP contribution < -0.4 is 10.6 Å². The van der Waals surface area contributed by atoms with Crippen LogP contribution in [0.3, 0.4) is 0 Å². The van der Waals surface area contributed by atoms with Crippen LogP contribution in [0.4, 0.5) is 0 Å². The summed E-state index contributed by atoms with van der Waals surface area (Å²) >= 11 is 0. The van der Waals surface area contributed by atoms with Gasteiger partial charge in [0.15, 0.2) is 5.78 Å². The summed E-state index contributed by atoms with van der Waals surface area (Å²) in [7, 11) is 1.74. The standard InChI is InChI=1S/C11H22N2O2/c1-8(14)10(2,3)13-7-9(15)11(4,5)12-6/h12-13H,7H2,1-6H3. The summed E-state index contributed by atoms with van der Waals surface area (Å²) in [6.45, 7) is 8.89. The topological polar surface area (TPSA) is 58.2 Å². The fraction of sp³-hybridized carbons (Fsp3) is 0.818. The summed E-state index contributed by atoms with van der Waals surface area (Å²) < 4.78 is 0. The van der Waals surface area contributed by atoms with Gasteiger partial charge < -0.3 is 5.32 Å². The molecule has 2 N–H and O–H groups in total. The molecule has 0 atom stereocenters. The van der Waals surface area contributed by atoms with Gasteiger partial charge in [0.25, 0.3) is 0 Å². The zero-order valence-electron chi connectivity index (χ0n) is 10.5. The third-order valence-electron chi connectivity index (χ3n) is 2.89. The van der Waals surface area contributed by atoms with Crippen LogP contribution in [0.15, 0.2) is 0 Å². The first-order valence-electron chi connectivity index (χ1n) is 5.12. The summed E-state index contributed by atoms with van der Waals surface area (Å²) in [6, 6.07) is 0. The zero-order chi connectivity index (χ0) is 12.3. The van der Waals surface area contributed by atoms with Crippen molar-refractivity contribution in [2.75, 3.05) is 13.6 Å². The number of Topliss-reactive ketones (excluding diaryl/α,β-unsaturated/α-hetero) is 2. The highest BCUT2D eigenvalue weighted by Gasteiger charge is 2.28. The Balaban J connectivity index is 4.30. The van der Waals surface area contributed by atoms with Crippen LogP contribution in [-0.2, 0) is 9.59 Å². The molecule has 88 valence electrons. The molecule has 0 rings (SSSR count). The molecule has 0 aromatic rings. The maximum Gasteiger partial charge on any atom is 0.165 e. The van der Waals surface area contributed by atoms with Crippen molar-refractivity contribution in [1.29, 1.82) is 0 Å². The van der Waals surface area contributed by atoms with E-state index in [1.54, 1.807) is 20.9 Å². The molecule has 0 radical (unpaired) electrons. The lowest BCUT2D eigenvalue weighted by Gasteiger charge is -2.27. The average molecular weight is 214 g/mol. The van der Waals surface area contributed by atoms with E-state index in [4.69, 9.17) is 0 Å². The molecule has 0 aliphatic heterocycles. The van der Waals surface area contributed by atoms with Gasteiger partial charge in [0, 0.05) is 0 Å². The Morgan fingerprint density at radius 2 is 1.53 bits per heavy atom. The van der Waals surface area contributed by atoms with Crippen molar-refractivity contribution in [2.45, 2.75) is 45.7 Å². The summed E-state index contributed by atoms with van der Waals surface area (Å²) in [5, 5.41) is 5.89. The van der Waals surface area contributed by atoms with E-state index in [0.29, 0.717) is 0 Å². The van der Waals surface area contributed by atoms with Gasteiger partial charge in [-0.25, -0.2) is 0 Å². The summed E-state index contributed by atoms with van der Waals surface area (Å²) in [5.74, 6) is 0.0666. The minimum atomic E-state index is -0.639. The Hall–Kier alpha value is -0.740. The lowest BCUT2D eigenvalue weighted by Crippen LogP contribution is -2.54. The van der Waals surface area contributed by atoms with Crippen molar-refractivity contribution in [2.24, 2.45) is 0 Å². The number of carbonyl (C=O) groups is 2. The lowest BCUT2D eigenvalue weighted by molar-refractivity contribution is -0.125. The van der Waals surface area contributed by atoms with E-state index in [2.05, 4.69) is 10.6 Å². The number of carbonyl (C=O) groups excluding carboxylic acids is 2. The molecular weight excluding hydrogens is 192 g/mol. The molecule has 0 saturated heterocycles. The molecule has 0 aromatic heterocycles. The Bertz CT molecular complexity index is 257. The van der Waals surface area contributed by atoms with E-state index in [1.807, 2.05) is 13.8 Å². The first kappa shape index (κ1) is 14.3. The highest BCUT2D eigenvalue weighted by molar-refractivity contribution is 5.91. The van der Waals surface area contributed by atoms with Crippen LogP contribution in [0.25, 0.3) is 0 Å². The minimum Gasteiger partial charge on any atom is -0.308 e. The van der Waals surface area contributed by atoms with Gasteiger partial charge in [0.2, 0.25) is 0 Å². The fourth-order valence-corrected chi connectivity index (χ4v) is 0.786. The van der Waals surface area contributed by atoms with Gasteiger partial charge in [-0.05, 0) is 41.7 Å². The number of hydrogen-bond acceptors (Lipinski definition) is 4. The summed E-state index contributed by atoms with van der Waals surface area (Å²) in [4.78, 5) is 22.9. The molecule has 0 unspecified atom stereocenters. The molecule has 0 aliphatic rings. The van der Waals surface area contributed by atoms with E-state index in [1.165, 1.54) is 6.92 Å². The van der Waals surface area contributed by atoms with Gasteiger partial charge >= 0.3 is 0 Å². The smallest absolute Gasteiger partial charge is 0.165 e. The molecule has 0 aromatic carbocycles. The molecule has 0 fully saturated rings. The maximum absolute atomic E-state index is 11.7. The average Bonchev–Trinajstić information content (AvgIpc) is 2.13. The van der Waals surface area contributed by atoms with Crippen molar-refractivity contribution in [3.05, 3.63) is 0 Å². The highest BCUT2D eigenvalue weighted by atomic mass is 16.1. The quantitative estimate of drug-likeness (QED) is 0.676. The molecule has 0 heterocycles.